The van der Waals surface area contributed by atoms with Gasteiger partial charge in [0.1, 0.15) is 6.10 Å². The molecule has 8 nitrogen and oxygen atoms in total. The molecule has 1 aromatic carbocycles. The number of benzene rings is 1. The maximum Gasteiger partial charge on any atom is 0.374 e. The molecule has 2 rings (SSSR count). The van der Waals surface area contributed by atoms with Gasteiger partial charge in [0.15, 0.2) is 0 Å². The summed E-state index contributed by atoms with van der Waals surface area (Å²) in [5.41, 5.74) is 0.817. The SMILES string of the molecule is CC(=O)C(=O)OC1CCN(C(=O)CNC(=O)c2ccc(C#N)cc2)CC1. The van der Waals surface area contributed by atoms with Crippen LogP contribution in [0.1, 0.15) is 35.7 Å². The number of hydrogen-bond acceptors (Lipinski definition) is 6. The number of nitrogens with zero attached hydrogens (tertiary/aromatic N) is 2. The minimum atomic E-state index is -0.857. The van der Waals surface area contributed by atoms with Gasteiger partial charge in [-0.1, -0.05) is 0 Å². The first kappa shape index (κ1) is 19.1. The molecule has 0 atom stereocenters. The Labute approximate surface area is 150 Å². The first-order valence-corrected chi connectivity index (χ1v) is 8.18. The lowest BCUT2D eigenvalue weighted by atomic mass is 10.1. The van der Waals surface area contributed by atoms with Gasteiger partial charge >= 0.3 is 5.97 Å². The summed E-state index contributed by atoms with van der Waals surface area (Å²) < 4.78 is 5.04. The molecule has 0 spiro atoms. The van der Waals surface area contributed by atoms with Crippen molar-refractivity contribution in [3.63, 3.8) is 0 Å². The van der Waals surface area contributed by atoms with E-state index in [1.807, 2.05) is 6.07 Å². The molecule has 0 saturated carbocycles. The molecule has 8 heteroatoms. The molecule has 0 radical (unpaired) electrons. The van der Waals surface area contributed by atoms with Crippen molar-refractivity contribution in [1.29, 1.82) is 5.26 Å². The molecule has 0 aliphatic carbocycles. The second kappa shape index (κ2) is 8.76. The highest BCUT2D eigenvalue weighted by Gasteiger charge is 2.26. The van der Waals surface area contributed by atoms with Crippen molar-refractivity contribution in [2.24, 2.45) is 0 Å². The maximum absolute atomic E-state index is 12.2. The fourth-order valence-corrected chi connectivity index (χ4v) is 2.52. The molecule has 1 aromatic rings. The van der Waals surface area contributed by atoms with Gasteiger partial charge in [0.25, 0.3) is 5.91 Å². The average molecular weight is 357 g/mol. The zero-order chi connectivity index (χ0) is 19.1. The minimum absolute atomic E-state index is 0.142. The third-order valence-electron chi connectivity index (χ3n) is 4.03. The van der Waals surface area contributed by atoms with Gasteiger partial charge in [-0.15, -0.1) is 0 Å². The van der Waals surface area contributed by atoms with Crippen LogP contribution < -0.4 is 5.32 Å². The predicted molar refractivity (Wildman–Crippen MR) is 89.9 cm³/mol. The number of Topliss-reactive ketones (excluding diaryl/α,β-unsaturated/α-hetero) is 1. The number of esters is 1. The van der Waals surface area contributed by atoms with E-state index in [1.54, 1.807) is 4.90 Å². The first-order valence-electron chi connectivity index (χ1n) is 8.18. The maximum atomic E-state index is 12.2. The number of rotatable bonds is 5. The summed E-state index contributed by atoms with van der Waals surface area (Å²) in [4.78, 5) is 47.9. The Kier molecular flexibility index (Phi) is 6.44. The number of amides is 2. The Morgan fingerprint density at radius 2 is 1.81 bits per heavy atom. The van der Waals surface area contributed by atoms with Gasteiger partial charge < -0.3 is 15.0 Å². The van der Waals surface area contributed by atoms with E-state index in [0.29, 0.717) is 37.1 Å². The lowest BCUT2D eigenvalue weighted by Crippen LogP contribution is -2.46. The molecular formula is C18H19N3O5. The molecule has 0 unspecified atom stereocenters. The molecule has 1 fully saturated rings. The zero-order valence-electron chi connectivity index (χ0n) is 14.4. The Balaban J connectivity index is 1.76. The van der Waals surface area contributed by atoms with E-state index in [2.05, 4.69) is 5.32 Å². The van der Waals surface area contributed by atoms with Gasteiger partial charge in [0, 0.05) is 38.4 Å². The van der Waals surface area contributed by atoms with E-state index >= 15 is 0 Å². The van der Waals surface area contributed by atoms with Crippen molar-refractivity contribution in [3.8, 4) is 6.07 Å². The number of ether oxygens (including phenoxy) is 1. The summed E-state index contributed by atoms with van der Waals surface area (Å²) in [6, 6.07) is 8.07. The van der Waals surface area contributed by atoms with Crippen molar-refractivity contribution in [2.75, 3.05) is 19.6 Å². The Morgan fingerprint density at radius 3 is 2.35 bits per heavy atom. The summed E-state index contributed by atoms with van der Waals surface area (Å²) in [6.07, 6.45) is 0.534. The monoisotopic (exact) mass is 357 g/mol. The van der Waals surface area contributed by atoms with Crippen LogP contribution in [-0.4, -0.2) is 54.2 Å². The molecule has 0 bridgehead atoms. The molecule has 1 saturated heterocycles. The number of likely N-dealkylation sites (tertiary alicyclic amines) is 1. The van der Waals surface area contributed by atoms with E-state index in [-0.39, 0.29) is 18.6 Å². The lowest BCUT2D eigenvalue weighted by molar-refractivity contribution is -0.159. The second-order valence-corrected chi connectivity index (χ2v) is 5.91. The summed E-state index contributed by atoms with van der Waals surface area (Å²) in [6.45, 7) is 1.79. The van der Waals surface area contributed by atoms with Crippen molar-refractivity contribution in [1.82, 2.24) is 10.2 Å². The fourth-order valence-electron chi connectivity index (χ4n) is 2.52. The molecule has 1 aliphatic rings. The third kappa shape index (κ3) is 5.14. The van der Waals surface area contributed by atoms with Crippen LogP contribution in [0.2, 0.25) is 0 Å². The zero-order valence-corrected chi connectivity index (χ0v) is 14.4. The highest BCUT2D eigenvalue weighted by atomic mass is 16.5. The summed E-state index contributed by atoms with van der Waals surface area (Å²) in [7, 11) is 0. The standard InChI is InChI=1S/C18H19N3O5/c1-12(22)18(25)26-15-6-8-21(9-7-15)16(23)11-20-17(24)14-4-2-13(10-19)3-5-14/h2-5,15H,6-9,11H2,1H3,(H,20,24). The number of carbonyl (C=O) groups excluding carboxylic acids is 4. The van der Waals surface area contributed by atoms with Crippen LogP contribution in [0.5, 0.6) is 0 Å². The quantitative estimate of drug-likeness (QED) is 0.603. The Hall–Kier alpha value is -3.21. The van der Waals surface area contributed by atoms with Gasteiger partial charge in [-0.3, -0.25) is 14.4 Å². The fraction of sp³-hybridized carbons (Fsp3) is 0.389. The number of piperidine rings is 1. The van der Waals surface area contributed by atoms with E-state index in [1.165, 1.54) is 24.3 Å². The summed E-state index contributed by atoms with van der Waals surface area (Å²) in [5, 5.41) is 11.3. The molecule has 136 valence electrons. The second-order valence-electron chi connectivity index (χ2n) is 5.91. The van der Waals surface area contributed by atoms with Gasteiger partial charge in [0.2, 0.25) is 11.7 Å². The van der Waals surface area contributed by atoms with Crippen molar-refractivity contribution in [3.05, 3.63) is 35.4 Å². The van der Waals surface area contributed by atoms with Crippen LogP contribution in [0.25, 0.3) is 0 Å². The molecule has 26 heavy (non-hydrogen) atoms. The number of nitriles is 1. The van der Waals surface area contributed by atoms with Crippen molar-refractivity contribution < 1.29 is 23.9 Å². The Bertz CT molecular complexity index is 743. The van der Waals surface area contributed by atoms with E-state index < -0.39 is 17.7 Å². The van der Waals surface area contributed by atoms with Crippen molar-refractivity contribution in [2.45, 2.75) is 25.9 Å². The molecule has 2 amide bonds. The first-order chi connectivity index (χ1) is 12.4. The topological polar surface area (TPSA) is 117 Å². The highest BCUT2D eigenvalue weighted by molar-refractivity contribution is 6.32. The summed E-state index contributed by atoms with van der Waals surface area (Å²) in [5.74, 6) is -2.13. The molecule has 0 aromatic heterocycles. The van der Waals surface area contributed by atoms with Crippen LogP contribution in [0.4, 0.5) is 0 Å². The van der Waals surface area contributed by atoms with E-state index in [9.17, 15) is 19.2 Å². The van der Waals surface area contributed by atoms with Gasteiger partial charge in [-0.2, -0.15) is 5.26 Å². The lowest BCUT2D eigenvalue weighted by Gasteiger charge is -2.31. The van der Waals surface area contributed by atoms with E-state index in [0.717, 1.165) is 6.92 Å². The number of nitrogens with one attached hydrogen (secondary N) is 1. The van der Waals surface area contributed by atoms with Gasteiger partial charge in [-0.25, -0.2) is 4.79 Å². The van der Waals surface area contributed by atoms with Crippen LogP contribution in [0, 0.1) is 11.3 Å². The van der Waals surface area contributed by atoms with Crippen LogP contribution in [0.15, 0.2) is 24.3 Å². The number of hydrogen-bond donors (Lipinski definition) is 1. The van der Waals surface area contributed by atoms with Crippen LogP contribution in [-0.2, 0) is 19.1 Å². The highest BCUT2D eigenvalue weighted by Crippen LogP contribution is 2.14. The van der Waals surface area contributed by atoms with Gasteiger partial charge in [-0.05, 0) is 24.3 Å². The van der Waals surface area contributed by atoms with Crippen LogP contribution >= 0.6 is 0 Å². The van der Waals surface area contributed by atoms with Gasteiger partial charge in [0.05, 0.1) is 18.2 Å². The van der Waals surface area contributed by atoms with Crippen molar-refractivity contribution >= 4 is 23.6 Å². The molecular weight excluding hydrogens is 338 g/mol. The minimum Gasteiger partial charge on any atom is -0.457 e. The van der Waals surface area contributed by atoms with Crippen LogP contribution in [0.3, 0.4) is 0 Å². The third-order valence-corrected chi connectivity index (χ3v) is 4.03. The average Bonchev–Trinajstić information content (AvgIpc) is 2.66. The number of carbonyl (C=O) groups is 4. The summed E-state index contributed by atoms with van der Waals surface area (Å²) >= 11 is 0. The van der Waals surface area contributed by atoms with E-state index in [4.69, 9.17) is 10.00 Å². The predicted octanol–water partition coefficient (Wildman–Crippen LogP) is 0.411. The molecule has 1 heterocycles. The molecule has 1 N–H and O–H groups in total. The molecule has 1 aliphatic heterocycles. The number of ketones is 1. The largest absolute Gasteiger partial charge is 0.457 e. The normalized spacial score (nSPS) is 14.2. The smallest absolute Gasteiger partial charge is 0.374 e. The Morgan fingerprint density at radius 1 is 1.19 bits per heavy atom.